The Hall–Kier alpha value is -2.07. The Balaban J connectivity index is 1.88. The molecule has 1 aromatic carbocycles. The van der Waals surface area contributed by atoms with E-state index in [9.17, 15) is 18.5 Å². The van der Waals surface area contributed by atoms with Crippen LogP contribution < -0.4 is 4.31 Å². The van der Waals surface area contributed by atoms with Crippen LogP contribution in [0.25, 0.3) is 0 Å². The molecule has 23 heavy (non-hydrogen) atoms. The Labute approximate surface area is 136 Å². The molecule has 2 fully saturated rings. The Bertz CT molecular complexity index is 778. The van der Waals surface area contributed by atoms with Crippen molar-refractivity contribution in [1.82, 2.24) is 4.90 Å². The van der Waals surface area contributed by atoms with E-state index in [1.54, 1.807) is 31.3 Å². The van der Waals surface area contributed by atoms with Gasteiger partial charge in [-0.15, -0.1) is 0 Å². The lowest BCUT2D eigenvalue weighted by Crippen LogP contribution is -2.53. The van der Waals surface area contributed by atoms with Crippen LogP contribution in [-0.4, -0.2) is 44.1 Å². The predicted molar refractivity (Wildman–Crippen MR) is 86.5 cm³/mol. The predicted octanol–water partition coefficient (Wildman–Crippen LogP) is 1.74. The first-order valence-electron chi connectivity index (χ1n) is 7.70. The van der Waals surface area contributed by atoms with E-state index in [2.05, 4.69) is 6.07 Å². The number of hydrogen-bond donors (Lipinski definition) is 0. The Kier molecular flexibility index (Phi) is 3.80. The highest BCUT2D eigenvalue weighted by molar-refractivity contribution is 7.93. The summed E-state index contributed by atoms with van der Waals surface area (Å²) in [5.41, 5.74) is 0.210. The van der Waals surface area contributed by atoms with Crippen molar-refractivity contribution in [1.29, 1.82) is 5.26 Å². The first-order valence-corrected chi connectivity index (χ1v) is 9.30. The molecule has 0 spiro atoms. The molecule has 0 atom stereocenters. The van der Waals surface area contributed by atoms with E-state index in [1.807, 2.05) is 0 Å². The molecule has 1 aliphatic heterocycles. The minimum Gasteiger partial charge on any atom is -0.323 e. The van der Waals surface area contributed by atoms with Gasteiger partial charge >= 0.3 is 0 Å². The summed E-state index contributed by atoms with van der Waals surface area (Å²) < 4.78 is 25.4. The fourth-order valence-electron chi connectivity index (χ4n) is 3.15. The monoisotopic (exact) mass is 333 g/mol. The first kappa shape index (κ1) is 15.8. The summed E-state index contributed by atoms with van der Waals surface area (Å²) in [6, 6.07) is 8.89. The smallest absolute Gasteiger partial charge is 0.254 e. The highest BCUT2D eigenvalue weighted by Gasteiger charge is 2.43. The third-order valence-electron chi connectivity index (χ3n) is 4.82. The number of nitriles is 1. The molecule has 1 saturated carbocycles. The molecule has 6 nitrogen and oxygen atoms in total. The molecule has 0 unspecified atom stereocenters. The lowest BCUT2D eigenvalue weighted by atomic mass is 9.76. The van der Waals surface area contributed by atoms with Gasteiger partial charge in [-0.25, -0.2) is 8.42 Å². The normalized spacial score (nSPS) is 21.3. The molecule has 3 rings (SSSR count). The summed E-state index contributed by atoms with van der Waals surface area (Å²) in [5, 5.41) is 9.37. The van der Waals surface area contributed by atoms with E-state index in [1.165, 1.54) is 9.21 Å². The molecule has 1 saturated heterocycles. The quantitative estimate of drug-likeness (QED) is 0.844. The maximum atomic E-state index is 12.7. The molecule has 1 heterocycles. The van der Waals surface area contributed by atoms with Gasteiger partial charge in [0.15, 0.2) is 0 Å². The minimum atomic E-state index is -3.27. The number of carbonyl (C=O) groups excluding carboxylic acids is 1. The fraction of sp³-hybridized carbons (Fsp3) is 0.500. The second-order valence-corrected chi connectivity index (χ2v) is 8.17. The van der Waals surface area contributed by atoms with E-state index in [0.29, 0.717) is 37.1 Å². The second-order valence-electron chi connectivity index (χ2n) is 6.15. The SMILES string of the molecule is CN(C(=O)c1cccc(N2CCCS2(=O)=O)c1)C1(C#N)CCC1. The van der Waals surface area contributed by atoms with E-state index in [4.69, 9.17) is 0 Å². The van der Waals surface area contributed by atoms with Gasteiger partial charge in [-0.1, -0.05) is 6.07 Å². The zero-order chi connectivity index (χ0) is 16.7. The van der Waals surface area contributed by atoms with Gasteiger partial charge in [0.2, 0.25) is 10.0 Å². The number of anilines is 1. The van der Waals surface area contributed by atoms with Crippen molar-refractivity contribution in [2.24, 2.45) is 0 Å². The number of hydrogen-bond acceptors (Lipinski definition) is 4. The Morgan fingerprint density at radius 1 is 1.35 bits per heavy atom. The lowest BCUT2D eigenvalue weighted by molar-refractivity contribution is 0.0497. The van der Waals surface area contributed by atoms with Crippen LogP contribution in [0.1, 0.15) is 36.0 Å². The van der Waals surface area contributed by atoms with Crippen molar-refractivity contribution < 1.29 is 13.2 Å². The van der Waals surface area contributed by atoms with Crippen LogP contribution in [0.2, 0.25) is 0 Å². The number of amides is 1. The summed E-state index contributed by atoms with van der Waals surface area (Å²) >= 11 is 0. The van der Waals surface area contributed by atoms with Crippen molar-refractivity contribution in [3.63, 3.8) is 0 Å². The number of rotatable bonds is 3. The average molecular weight is 333 g/mol. The number of nitrogens with zero attached hydrogens (tertiary/aromatic N) is 3. The molecule has 122 valence electrons. The summed E-state index contributed by atoms with van der Waals surface area (Å²) in [6.07, 6.45) is 2.91. The molecular weight excluding hydrogens is 314 g/mol. The zero-order valence-electron chi connectivity index (χ0n) is 13.0. The van der Waals surface area contributed by atoms with Crippen LogP contribution >= 0.6 is 0 Å². The highest BCUT2D eigenvalue weighted by atomic mass is 32.2. The summed E-state index contributed by atoms with van der Waals surface area (Å²) in [4.78, 5) is 14.2. The number of sulfonamides is 1. The molecule has 1 aliphatic carbocycles. The molecule has 0 bridgehead atoms. The van der Waals surface area contributed by atoms with Crippen LogP contribution in [-0.2, 0) is 10.0 Å². The Morgan fingerprint density at radius 3 is 2.61 bits per heavy atom. The van der Waals surface area contributed by atoms with Gasteiger partial charge in [0.1, 0.15) is 5.54 Å². The zero-order valence-corrected chi connectivity index (χ0v) is 13.8. The molecule has 7 heteroatoms. The van der Waals surface area contributed by atoms with E-state index in [0.717, 1.165) is 6.42 Å². The van der Waals surface area contributed by atoms with Crippen LogP contribution in [0.15, 0.2) is 24.3 Å². The minimum absolute atomic E-state index is 0.141. The molecule has 2 aliphatic rings. The van der Waals surface area contributed by atoms with Gasteiger partial charge in [0, 0.05) is 19.2 Å². The molecule has 0 N–H and O–H groups in total. The van der Waals surface area contributed by atoms with Crippen LogP contribution in [0.4, 0.5) is 5.69 Å². The first-order chi connectivity index (χ1) is 10.9. The summed E-state index contributed by atoms with van der Waals surface area (Å²) in [7, 11) is -1.63. The van der Waals surface area contributed by atoms with E-state index >= 15 is 0 Å². The van der Waals surface area contributed by atoms with Gasteiger partial charge in [-0.05, 0) is 43.9 Å². The largest absolute Gasteiger partial charge is 0.323 e. The van der Waals surface area contributed by atoms with Gasteiger partial charge in [0.25, 0.3) is 5.91 Å². The highest BCUT2D eigenvalue weighted by Crippen LogP contribution is 2.37. The van der Waals surface area contributed by atoms with Gasteiger partial charge < -0.3 is 4.90 Å². The van der Waals surface area contributed by atoms with Crippen molar-refractivity contribution in [3.05, 3.63) is 29.8 Å². The average Bonchev–Trinajstić information content (AvgIpc) is 2.85. The molecule has 0 radical (unpaired) electrons. The van der Waals surface area contributed by atoms with Gasteiger partial charge in [-0.2, -0.15) is 5.26 Å². The van der Waals surface area contributed by atoms with Crippen molar-refractivity contribution in [3.8, 4) is 6.07 Å². The standard InChI is InChI=1S/C16H19N3O3S/c1-18(16(12-17)7-3-8-16)15(20)13-5-2-6-14(11-13)19-9-4-10-23(19,21)22/h2,5-6,11H,3-4,7-10H2,1H3. The molecule has 1 aromatic rings. The van der Waals surface area contributed by atoms with Gasteiger partial charge in [0.05, 0.1) is 17.5 Å². The van der Waals surface area contributed by atoms with Gasteiger partial charge in [-0.3, -0.25) is 9.10 Å². The summed E-state index contributed by atoms with van der Waals surface area (Å²) in [6.45, 7) is 0.442. The van der Waals surface area contributed by atoms with Crippen molar-refractivity contribution >= 4 is 21.6 Å². The summed E-state index contributed by atoms with van der Waals surface area (Å²) in [5.74, 6) is -0.104. The van der Waals surface area contributed by atoms with E-state index < -0.39 is 15.6 Å². The second kappa shape index (κ2) is 5.53. The van der Waals surface area contributed by atoms with Crippen molar-refractivity contribution in [2.45, 2.75) is 31.2 Å². The van der Waals surface area contributed by atoms with Crippen molar-refractivity contribution in [2.75, 3.05) is 23.7 Å². The van der Waals surface area contributed by atoms with Crippen LogP contribution in [0, 0.1) is 11.3 Å². The molecular formula is C16H19N3O3S. The third-order valence-corrected chi connectivity index (χ3v) is 6.69. The fourth-order valence-corrected chi connectivity index (χ4v) is 4.70. The maximum Gasteiger partial charge on any atom is 0.254 e. The molecule has 1 amide bonds. The third kappa shape index (κ3) is 2.57. The topological polar surface area (TPSA) is 81.5 Å². The van der Waals surface area contributed by atoms with Crippen LogP contribution in [0.5, 0.6) is 0 Å². The number of carbonyl (C=O) groups is 1. The Morgan fingerprint density at radius 2 is 2.09 bits per heavy atom. The van der Waals surface area contributed by atoms with E-state index in [-0.39, 0.29) is 11.7 Å². The molecule has 0 aromatic heterocycles. The number of benzene rings is 1. The maximum absolute atomic E-state index is 12.7. The van der Waals surface area contributed by atoms with Crippen LogP contribution in [0.3, 0.4) is 0 Å². The lowest BCUT2D eigenvalue weighted by Gasteiger charge is -2.43.